The molecule has 1 aliphatic rings. The maximum Gasteiger partial charge on any atom is 0.242 e. The van der Waals surface area contributed by atoms with E-state index in [9.17, 15) is 8.42 Å². The summed E-state index contributed by atoms with van der Waals surface area (Å²) in [5.41, 5.74) is 1.06. The minimum absolute atomic E-state index is 0.368. The van der Waals surface area contributed by atoms with Crippen molar-refractivity contribution in [1.29, 1.82) is 0 Å². The standard InChI is InChI=1S/C14H21NO3S/c1-12-3-5-14(6-4-12)19(16,17)15(2)11-13-7-9-18-10-8-13/h3-6,13H,7-11H2,1-2H3. The van der Waals surface area contributed by atoms with E-state index < -0.39 is 10.0 Å². The van der Waals surface area contributed by atoms with Crippen LogP contribution in [-0.4, -0.2) is 39.5 Å². The van der Waals surface area contributed by atoms with E-state index in [0.717, 1.165) is 31.6 Å². The van der Waals surface area contributed by atoms with Crippen molar-refractivity contribution in [2.45, 2.75) is 24.7 Å². The van der Waals surface area contributed by atoms with Gasteiger partial charge in [0.25, 0.3) is 0 Å². The number of hydrogen-bond acceptors (Lipinski definition) is 3. The first-order valence-electron chi connectivity index (χ1n) is 6.61. The predicted octanol–water partition coefficient (Wildman–Crippen LogP) is 2.04. The highest BCUT2D eigenvalue weighted by atomic mass is 32.2. The fourth-order valence-corrected chi connectivity index (χ4v) is 3.53. The number of nitrogens with zero attached hydrogens (tertiary/aromatic N) is 1. The highest BCUT2D eigenvalue weighted by Crippen LogP contribution is 2.20. The monoisotopic (exact) mass is 283 g/mol. The molecule has 0 aromatic heterocycles. The lowest BCUT2D eigenvalue weighted by Gasteiger charge is -2.26. The quantitative estimate of drug-likeness (QED) is 0.849. The summed E-state index contributed by atoms with van der Waals surface area (Å²) < 4.78 is 31.6. The molecule has 0 unspecified atom stereocenters. The largest absolute Gasteiger partial charge is 0.381 e. The first-order valence-corrected chi connectivity index (χ1v) is 8.05. The molecule has 1 aromatic carbocycles. The summed E-state index contributed by atoms with van der Waals surface area (Å²) in [4.78, 5) is 0.368. The molecule has 1 aromatic rings. The molecule has 1 fully saturated rings. The highest BCUT2D eigenvalue weighted by molar-refractivity contribution is 7.89. The Balaban J connectivity index is 2.07. The van der Waals surface area contributed by atoms with E-state index in [-0.39, 0.29) is 0 Å². The Morgan fingerprint density at radius 3 is 2.37 bits per heavy atom. The molecule has 0 radical (unpaired) electrons. The van der Waals surface area contributed by atoms with Gasteiger partial charge in [-0.15, -0.1) is 0 Å². The van der Waals surface area contributed by atoms with Gasteiger partial charge in [0.15, 0.2) is 0 Å². The van der Waals surface area contributed by atoms with Crippen molar-refractivity contribution in [3.05, 3.63) is 29.8 Å². The zero-order valence-corrected chi connectivity index (χ0v) is 12.3. The summed E-state index contributed by atoms with van der Waals surface area (Å²) in [6, 6.07) is 7.00. The smallest absolute Gasteiger partial charge is 0.242 e. The predicted molar refractivity (Wildman–Crippen MR) is 74.5 cm³/mol. The van der Waals surface area contributed by atoms with E-state index in [4.69, 9.17) is 4.74 Å². The maximum absolute atomic E-state index is 12.4. The summed E-state index contributed by atoms with van der Waals surface area (Å²) in [7, 11) is -1.71. The van der Waals surface area contributed by atoms with Gasteiger partial charge in [-0.05, 0) is 37.8 Å². The number of rotatable bonds is 4. The van der Waals surface area contributed by atoms with Crippen molar-refractivity contribution in [2.24, 2.45) is 5.92 Å². The van der Waals surface area contributed by atoms with Gasteiger partial charge >= 0.3 is 0 Å². The minimum atomic E-state index is -3.36. The van der Waals surface area contributed by atoms with Crippen LogP contribution in [0.5, 0.6) is 0 Å². The lowest BCUT2D eigenvalue weighted by atomic mass is 10.0. The van der Waals surface area contributed by atoms with Crippen LogP contribution in [0, 0.1) is 12.8 Å². The van der Waals surface area contributed by atoms with Gasteiger partial charge in [-0.3, -0.25) is 0 Å². The van der Waals surface area contributed by atoms with E-state index in [2.05, 4.69) is 0 Å². The molecular formula is C14H21NO3S. The Bertz CT molecular complexity index is 504. The number of aryl methyl sites for hydroxylation is 1. The summed E-state index contributed by atoms with van der Waals surface area (Å²) in [6.07, 6.45) is 1.88. The molecule has 106 valence electrons. The second kappa shape index (κ2) is 6.03. The molecule has 4 nitrogen and oxygen atoms in total. The van der Waals surface area contributed by atoms with Crippen LogP contribution in [0.2, 0.25) is 0 Å². The second-order valence-corrected chi connectivity index (χ2v) is 7.20. The van der Waals surface area contributed by atoms with E-state index in [0.29, 0.717) is 17.4 Å². The molecular weight excluding hydrogens is 262 g/mol. The molecule has 0 aliphatic carbocycles. The van der Waals surface area contributed by atoms with Crippen LogP contribution in [0.25, 0.3) is 0 Å². The number of hydrogen-bond donors (Lipinski definition) is 0. The van der Waals surface area contributed by atoms with Crippen LogP contribution in [0.4, 0.5) is 0 Å². The highest BCUT2D eigenvalue weighted by Gasteiger charge is 2.24. The van der Waals surface area contributed by atoms with E-state index in [1.807, 2.05) is 19.1 Å². The van der Waals surface area contributed by atoms with Gasteiger partial charge in [-0.2, -0.15) is 0 Å². The van der Waals surface area contributed by atoms with Crippen LogP contribution in [-0.2, 0) is 14.8 Å². The summed E-state index contributed by atoms with van der Waals surface area (Å²) in [5.74, 6) is 0.402. The summed E-state index contributed by atoms with van der Waals surface area (Å²) in [6.45, 7) is 3.99. The molecule has 0 saturated carbocycles. The molecule has 1 aliphatic heterocycles. The van der Waals surface area contributed by atoms with Crippen molar-refractivity contribution in [3.63, 3.8) is 0 Å². The molecule has 19 heavy (non-hydrogen) atoms. The molecule has 0 spiro atoms. The van der Waals surface area contributed by atoms with E-state index in [1.165, 1.54) is 4.31 Å². The molecule has 0 bridgehead atoms. The molecule has 1 saturated heterocycles. The van der Waals surface area contributed by atoms with Gasteiger partial charge in [0.05, 0.1) is 4.90 Å². The van der Waals surface area contributed by atoms with Crippen molar-refractivity contribution < 1.29 is 13.2 Å². The maximum atomic E-state index is 12.4. The van der Waals surface area contributed by atoms with Crippen LogP contribution >= 0.6 is 0 Å². The SMILES string of the molecule is Cc1ccc(S(=O)(=O)N(C)CC2CCOCC2)cc1. The summed E-state index contributed by atoms with van der Waals surface area (Å²) in [5, 5.41) is 0. The molecule has 0 amide bonds. The molecule has 1 heterocycles. The van der Waals surface area contributed by atoms with E-state index >= 15 is 0 Å². The number of ether oxygens (including phenoxy) is 1. The van der Waals surface area contributed by atoms with Crippen LogP contribution in [0.15, 0.2) is 29.2 Å². The lowest BCUT2D eigenvalue weighted by molar-refractivity contribution is 0.0620. The van der Waals surface area contributed by atoms with Crippen molar-refractivity contribution in [3.8, 4) is 0 Å². The van der Waals surface area contributed by atoms with Crippen LogP contribution in [0.1, 0.15) is 18.4 Å². The van der Waals surface area contributed by atoms with Gasteiger partial charge in [0.2, 0.25) is 10.0 Å². The third-order valence-corrected chi connectivity index (χ3v) is 5.42. The molecule has 5 heteroatoms. The topological polar surface area (TPSA) is 46.6 Å². The Hall–Kier alpha value is -0.910. The average Bonchev–Trinajstić information content (AvgIpc) is 2.40. The zero-order valence-electron chi connectivity index (χ0n) is 11.5. The Labute approximate surface area is 115 Å². The molecule has 2 rings (SSSR count). The Morgan fingerprint density at radius 1 is 1.21 bits per heavy atom. The van der Waals surface area contributed by atoms with Crippen molar-refractivity contribution in [1.82, 2.24) is 4.31 Å². The third kappa shape index (κ3) is 3.55. The summed E-state index contributed by atoms with van der Waals surface area (Å²) >= 11 is 0. The zero-order chi connectivity index (χ0) is 13.9. The average molecular weight is 283 g/mol. The number of sulfonamides is 1. The Kier molecular flexibility index (Phi) is 4.60. The normalized spacial score (nSPS) is 17.8. The van der Waals surface area contributed by atoms with Gasteiger partial charge in [0, 0.05) is 26.8 Å². The first-order chi connectivity index (χ1) is 9.00. The number of benzene rings is 1. The third-order valence-electron chi connectivity index (χ3n) is 3.59. The van der Waals surface area contributed by atoms with Gasteiger partial charge < -0.3 is 4.74 Å². The Morgan fingerprint density at radius 2 is 1.79 bits per heavy atom. The van der Waals surface area contributed by atoms with Crippen molar-refractivity contribution >= 4 is 10.0 Å². The van der Waals surface area contributed by atoms with Gasteiger partial charge in [-0.25, -0.2) is 12.7 Å². The fourth-order valence-electron chi connectivity index (χ4n) is 2.28. The van der Waals surface area contributed by atoms with Gasteiger partial charge in [0.1, 0.15) is 0 Å². The molecule has 0 atom stereocenters. The first kappa shape index (κ1) is 14.5. The fraction of sp³-hybridized carbons (Fsp3) is 0.571. The van der Waals surface area contributed by atoms with Crippen LogP contribution in [0.3, 0.4) is 0 Å². The second-order valence-electron chi connectivity index (χ2n) is 5.15. The van der Waals surface area contributed by atoms with Crippen LogP contribution < -0.4 is 0 Å². The van der Waals surface area contributed by atoms with Gasteiger partial charge in [-0.1, -0.05) is 17.7 Å². The minimum Gasteiger partial charge on any atom is -0.381 e. The van der Waals surface area contributed by atoms with E-state index in [1.54, 1.807) is 19.2 Å². The molecule has 0 N–H and O–H groups in total. The lowest BCUT2D eigenvalue weighted by Crippen LogP contribution is -2.34. The van der Waals surface area contributed by atoms with Crippen molar-refractivity contribution in [2.75, 3.05) is 26.8 Å².